The van der Waals surface area contributed by atoms with Gasteiger partial charge in [-0.25, -0.2) is 4.68 Å². The summed E-state index contributed by atoms with van der Waals surface area (Å²) in [5.74, 6) is 1.65. The Balaban J connectivity index is 1.90. The third kappa shape index (κ3) is 2.45. The number of nitrogens with two attached hydrogens (primary N) is 1. The quantitative estimate of drug-likeness (QED) is 0.840. The third-order valence-corrected chi connectivity index (χ3v) is 3.97. The molecule has 100 valence electrons. The van der Waals surface area contributed by atoms with Gasteiger partial charge >= 0.3 is 0 Å². The van der Waals surface area contributed by atoms with Gasteiger partial charge in [0.1, 0.15) is 0 Å². The molecule has 1 fully saturated rings. The Bertz CT molecular complexity index is 554. The third-order valence-electron chi connectivity index (χ3n) is 3.97. The molecule has 0 radical (unpaired) electrons. The molecule has 5 heteroatoms. The van der Waals surface area contributed by atoms with Crippen molar-refractivity contribution in [1.29, 1.82) is 0 Å². The maximum atomic E-state index is 5.83. The van der Waals surface area contributed by atoms with E-state index in [1.807, 2.05) is 28.9 Å². The van der Waals surface area contributed by atoms with Crippen LogP contribution in [0.3, 0.4) is 0 Å². The van der Waals surface area contributed by atoms with Crippen LogP contribution < -0.4 is 5.73 Å². The standard InChI is InChI=1S/C14H19N5/c1-10-5-7-13(8-6-10)19-14(16-17-18-19)11-3-2-4-12(15)9-11/h2-4,9-10,13H,5-8,15H2,1H3. The van der Waals surface area contributed by atoms with Crippen molar-refractivity contribution in [2.45, 2.75) is 38.6 Å². The van der Waals surface area contributed by atoms with Crippen molar-refractivity contribution < 1.29 is 0 Å². The van der Waals surface area contributed by atoms with E-state index in [-0.39, 0.29) is 0 Å². The second kappa shape index (κ2) is 4.99. The van der Waals surface area contributed by atoms with Crippen molar-refractivity contribution in [2.75, 3.05) is 5.73 Å². The molecule has 2 aromatic rings. The van der Waals surface area contributed by atoms with E-state index in [0.29, 0.717) is 6.04 Å². The summed E-state index contributed by atoms with van der Waals surface area (Å²) in [7, 11) is 0. The molecule has 1 saturated carbocycles. The average molecular weight is 257 g/mol. The summed E-state index contributed by atoms with van der Waals surface area (Å²) in [6.45, 7) is 2.31. The van der Waals surface area contributed by atoms with Crippen molar-refractivity contribution in [1.82, 2.24) is 20.2 Å². The minimum Gasteiger partial charge on any atom is -0.399 e. The van der Waals surface area contributed by atoms with Crippen molar-refractivity contribution >= 4 is 5.69 Å². The van der Waals surface area contributed by atoms with Crippen LogP contribution in [0.25, 0.3) is 11.4 Å². The number of nitrogen functional groups attached to an aromatic ring is 1. The average Bonchev–Trinajstić information content (AvgIpc) is 2.89. The maximum Gasteiger partial charge on any atom is 0.182 e. The Hall–Kier alpha value is -1.91. The first-order valence-corrected chi connectivity index (χ1v) is 6.88. The molecule has 1 aliphatic carbocycles. The van der Waals surface area contributed by atoms with E-state index in [1.165, 1.54) is 12.8 Å². The number of nitrogens with zero attached hydrogens (tertiary/aromatic N) is 4. The molecule has 1 aromatic heterocycles. The zero-order valence-corrected chi connectivity index (χ0v) is 11.2. The predicted octanol–water partition coefficient (Wildman–Crippen LogP) is 2.67. The Morgan fingerprint density at radius 3 is 2.74 bits per heavy atom. The summed E-state index contributed by atoms with van der Waals surface area (Å²) in [6.07, 6.45) is 4.81. The Labute approximate surface area is 112 Å². The zero-order valence-electron chi connectivity index (χ0n) is 11.2. The summed E-state index contributed by atoms with van der Waals surface area (Å²) in [5, 5.41) is 12.2. The molecule has 1 aliphatic rings. The highest BCUT2D eigenvalue weighted by Gasteiger charge is 2.23. The van der Waals surface area contributed by atoms with Gasteiger partial charge in [-0.1, -0.05) is 19.1 Å². The van der Waals surface area contributed by atoms with E-state index in [1.54, 1.807) is 0 Å². The summed E-state index contributed by atoms with van der Waals surface area (Å²) in [5.41, 5.74) is 7.56. The van der Waals surface area contributed by atoms with Crippen LogP contribution in [0.1, 0.15) is 38.6 Å². The monoisotopic (exact) mass is 257 g/mol. The van der Waals surface area contributed by atoms with E-state index in [4.69, 9.17) is 5.73 Å². The van der Waals surface area contributed by atoms with Gasteiger partial charge in [0.05, 0.1) is 6.04 Å². The van der Waals surface area contributed by atoms with Crippen molar-refractivity contribution in [2.24, 2.45) is 5.92 Å². The molecule has 0 aliphatic heterocycles. The van der Waals surface area contributed by atoms with Crippen LogP contribution in [-0.4, -0.2) is 20.2 Å². The summed E-state index contributed by atoms with van der Waals surface area (Å²) in [6, 6.07) is 8.16. The molecular weight excluding hydrogens is 238 g/mol. The van der Waals surface area contributed by atoms with Crippen LogP contribution in [0.5, 0.6) is 0 Å². The highest BCUT2D eigenvalue weighted by Crippen LogP contribution is 2.33. The molecule has 19 heavy (non-hydrogen) atoms. The number of benzene rings is 1. The van der Waals surface area contributed by atoms with Gasteiger partial charge < -0.3 is 5.73 Å². The first-order chi connectivity index (χ1) is 9.24. The van der Waals surface area contributed by atoms with Gasteiger partial charge in [0.15, 0.2) is 5.82 Å². The lowest BCUT2D eigenvalue weighted by atomic mass is 9.87. The highest BCUT2D eigenvalue weighted by atomic mass is 15.5. The highest BCUT2D eigenvalue weighted by molar-refractivity contribution is 5.60. The van der Waals surface area contributed by atoms with Gasteiger partial charge in [-0.3, -0.25) is 0 Å². The molecule has 1 heterocycles. The summed E-state index contributed by atoms with van der Waals surface area (Å²) >= 11 is 0. The van der Waals surface area contributed by atoms with Crippen molar-refractivity contribution in [3.05, 3.63) is 24.3 Å². The molecule has 2 N–H and O–H groups in total. The second-order valence-corrected chi connectivity index (χ2v) is 5.49. The van der Waals surface area contributed by atoms with Crippen LogP contribution in [0, 0.1) is 5.92 Å². The lowest BCUT2D eigenvalue weighted by Crippen LogP contribution is -2.18. The second-order valence-electron chi connectivity index (χ2n) is 5.49. The topological polar surface area (TPSA) is 69.6 Å². The van der Waals surface area contributed by atoms with Crippen LogP contribution in [0.2, 0.25) is 0 Å². The lowest BCUT2D eigenvalue weighted by molar-refractivity contribution is 0.272. The van der Waals surface area contributed by atoms with E-state index in [0.717, 1.165) is 35.8 Å². The molecule has 0 amide bonds. The van der Waals surface area contributed by atoms with Gasteiger partial charge in [-0.2, -0.15) is 0 Å². The number of rotatable bonds is 2. The molecule has 1 aromatic carbocycles. The number of tetrazole rings is 1. The van der Waals surface area contributed by atoms with Crippen molar-refractivity contribution in [3.63, 3.8) is 0 Å². The van der Waals surface area contributed by atoms with Crippen LogP contribution in [-0.2, 0) is 0 Å². The number of hydrogen-bond donors (Lipinski definition) is 1. The fraction of sp³-hybridized carbons (Fsp3) is 0.500. The van der Waals surface area contributed by atoms with Crippen LogP contribution >= 0.6 is 0 Å². The fourth-order valence-corrected chi connectivity index (χ4v) is 2.79. The summed E-state index contributed by atoms with van der Waals surface area (Å²) in [4.78, 5) is 0. The summed E-state index contributed by atoms with van der Waals surface area (Å²) < 4.78 is 1.97. The normalized spacial score (nSPS) is 23.4. The van der Waals surface area contributed by atoms with Gasteiger partial charge in [0.2, 0.25) is 0 Å². The van der Waals surface area contributed by atoms with Gasteiger partial charge in [0, 0.05) is 11.3 Å². The predicted molar refractivity (Wildman–Crippen MR) is 74.3 cm³/mol. The van der Waals surface area contributed by atoms with E-state index in [9.17, 15) is 0 Å². The van der Waals surface area contributed by atoms with Gasteiger partial charge in [-0.15, -0.1) is 5.10 Å². The Morgan fingerprint density at radius 1 is 1.21 bits per heavy atom. The Morgan fingerprint density at radius 2 is 2.00 bits per heavy atom. The van der Waals surface area contributed by atoms with E-state index < -0.39 is 0 Å². The van der Waals surface area contributed by atoms with Crippen molar-refractivity contribution in [3.8, 4) is 11.4 Å². The minimum absolute atomic E-state index is 0.419. The molecule has 0 atom stereocenters. The smallest absolute Gasteiger partial charge is 0.182 e. The molecule has 3 rings (SSSR count). The molecule has 0 saturated heterocycles. The van der Waals surface area contributed by atoms with Crippen LogP contribution in [0.15, 0.2) is 24.3 Å². The largest absolute Gasteiger partial charge is 0.399 e. The van der Waals surface area contributed by atoms with E-state index >= 15 is 0 Å². The number of hydrogen-bond acceptors (Lipinski definition) is 4. The molecule has 0 unspecified atom stereocenters. The molecule has 5 nitrogen and oxygen atoms in total. The van der Waals surface area contributed by atoms with Gasteiger partial charge in [0.25, 0.3) is 0 Å². The molecule has 0 spiro atoms. The first-order valence-electron chi connectivity index (χ1n) is 6.88. The lowest BCUT2D eigenvalue weighted by Gasteiger charge is -2.26. The maximum absolute atomic E-state index is 5.83. The number of aromatic nitrogens is 4. The van der Waals surface area contributed by atoms with E-state index in [2.05, 4.69) is 22.4 Å². The minimum atomic E-state index is 0.419. The zero-order chi connectivity index (χ0) is 13.2. The molecular formula is C14H19N5. The SMILES string of the molecule is CC1CCC(n2nnnc2-c2cccc(N)c2)CC1. The Kier molecular flexibility index (Phi) is 3.19. The van der Waals surface area contributed by atoms with Gasteiger partial charge in [-0.05, 0) is 54.2 Å². The van der Waals surface area contributed by atoms with Crippen LogP contribution in [0.4, 0.5) is 5.69 Å². The first kappa shape index (κ1) is 12.1. The fourth-order valence-electron chi connectivity index (χ4n) is 2.79. The molecule has 0 bridgehead atoms. The number of anilines is 1.